The molecule has 4 heteroatoms. The van der Waals surface area contributed by atoms with Crippen molar-refractivity contribution in [3.63, 3.8) is 0 Å². The highest BCUT2D eigenvalue weighted by Gasteiger charge is 2.42. The minimum Gasteiger partial charge on any atom is -0.299 e. The predicted octanol–water partition coefficient (Wildman–Crippen LogP) is 4.18. The Morgan fingerprint density at radius 3 is 2.74 bits per heavy atom. The summed E-state index contributed by atoms with van der Waals surface area (Å²) in [7, 11) is 0. The third-order valence-electron chi connectivity index (χ3n) is 4.27. The number of carbonyl (C=O) groups excluding carboxylic acids is 1. The zero-order valence-corrected chi connectivity index (χ0v) is 12.6. The number of Topliss-reactive ketones (excluding diaryl/α,β-unsaturated/α-hetero) is 1. The molecule has 1 aromatic rings. The molecule has 3 unspecified atom stereocenters. The summed E-state index contributed by atoms with van der Waals surface area (Å²) >= 11 is 7.72. The summed E-state index contributed by atoms with van der Waals surface area (Å²) in [5.41, 5.74) is 0. The molecular formula is C15H18ClNOS. The van der Waals surface area contributed by atoms with E-state index in [0.29, 0.717) is 17.9 Å². The molecule has 19 heavy (non-hydrogen) atoms. The first kappa shape index (κ1) is 13.5. The Labute approximate surface area is 123 Å². The first-order valence-electron chi connectivity index (χ1n) is 6.90. The van der Waals surface area contributed by atoms with Gasteiger partial charge in [-0.3, -0.25) is 4.79 Å². The second-order valence-electron chi connectivity index (χ2n) is 5.52. The molecule has 2 fully saturated rings. The average Bonchev–Trinajstić information content (AvgIpc) is 2.40. The third-order valence-corrected chi connectivity index (χ3v) is 5.78. The van der Waals surface area contributed by atoms with Crippen molar-refractivity contribution in [1.82, 2.24) is 4.31 Å². The van der Waals surface area contributed by atoms with E-state index in [4.69, 9.17) is 11.6 Å². The van der Waals surface area contributed by atoms with E-state index in [1.165, 1.54) is 11.3 Å². The average molecular weight is 296 g/mol. The molecule has 1 aromatic carbocycles. The molecule has 2 saturated heterocycles. The van der Waals surface area contributed by atoms with Crippen molar-refractivity contribution >= 4 is 29.3 Å². The molecule has 0 saturated carbocycles. The van der Waals surface area contributed by atoms with Crippen molar-refractivity contribution in [3.05, 3.63) is 29.3 Å². The molecule has 0 amide bonds. The van der Waals surface area contributed by atoms with Crippen molar-refractivity contribution < 1.29 is 4.79 Å². The predicted molar refractivity (Wildman–Crippen MR) is 79.4 cm³/mol. The Hall–Kier alpha value is -0.510. The van der Waals surface area contributed by atoms with Crippen molar-refractivity contribution in [3.8, 4) is 0 Å². The standard InChI is InChI=1S/C15H18ClNOS/c1-10-14-4-2-3-12(9-15(10)18)17(14)19-13-7-5-11(16)6-8-13/h5-8,10,12,14H,2-4,9H2,1H3. The molecule has 2 aliphatic rings. The number of rotatable bonds is 2. The number of piperidine rings is 2. The van der Waals surface area contributed by atoms with Crippen LogP contribution in [0, 0.1) is 5.92 Å². The van der Waals surface area contributed by atoms with Crippen LogP contribution < -0.4 is 0 Å². The number of hydrogen-bond donors (Lipinski definition) is 0. The fourth-order valence-electron chi connectivity index (χ4n) is 3.14. The van der Waals surface area contributed by atoms with E-state index in [1.807, 2.05) is 12.1 Å². The number of fused-ring (bicyclic) bond motifs is 2. The largest absolute Gasteiger partial charge is 0.299 e. The molecule has 2 nitrogen and oxygen atoms in total. The Balaban J connectivity index is 1.79. The van der Waals surface area contributed by atoms with Crippen LogP contribution in [0.1, 0.15) is 32.6 Å². The maximum Gasteiger partial charge on any atom is 0.138 e. The number of hydrogen-bond acceptors (Lipinski definition) is 3. The van der Waals surface area contributed by atoms with Crippen LogP contribution in [0.4, 0.5) is 0 Å². The fraction of sp³-hybridized carbons (Fsp3) is 0.533. The van der Waals surface area contributed by atoms with E-state index in [9.17, 15) is 4.79 Å². The van der Waals surface area contributed by atoms with Crippen molar-refractivity contribution in [1.29, 1.82) is 0 Å². The summed E-state index contributed by atoms with van der Waals surface area (Å²) in [4.78, 5) is 13.2. The van der Waals surface area contributed by atoms with E-state index in [0.717, 1.165) is 24.3 Å². The van der Waals surface area contributed by atoms with Gasteiger partial charge in [-0.05, 0) is 49.1 Å². The summed E-state index contributed by atoms with van der Waals surface area (Å²) in [5, 5.41) is 0.770. The van der Waals surface area contributed by atoms with E-state index in [1.54, 1.807) is 11.9 Å². The van der Waals surface area contributed by atoms with Gasteiger partial charge in [-0.15, -0.1) is 0 Å². The maximum absolute atomic E-state index is 12.0. The zero-order chi connectivity index (χ0) is 13.4. The van der Waals surface area contributed by atoms with Gasteiger partial charge in [-0.2, -0.15) is 0 Å². The van der Waals surface area contributed by atoms with Crippen molar-refractivity contribution in [2.45, 2.75) is 49.6 Å². The van der Waals surface area contributed by atoms with Crippen LogP contribution in [-0.2, 0) is 4.79 Å². The molecule has 2 aliphatic heterocycles. The fourth-order valence-corrected chi connectivity index (χ4v) is 4.52. The van der Waals surface area contributed by atoms with E-state index in [2.05, 4.69) is 23.4 Å². The highest BCUT2D eigenvalue weighted by molar-refractivity contribution is 7.97. The molecule has 0 aliphatic carbocycles. The van der Waals surface area contributed by atoms with Gasteiger partial charge in [-0.25, -0.2) is 4.31 Å². The lowest BCUT2D eigenvalue weighted by Crippen LogP contribution is -2.53. The molecule has 102 valence electrons. The lowest BCUT2D eigenvalue weighted by Gasteiger charge is -2.47. The van der Waals surface area contributed by atoms with Crippen LogP contribution in [0.25, 0.3) is 0 Å². The topological polar surface area (TPSA) is 20.3 Å². The van der Waals surface area contributed by atoms with E-state index >= 15 is 0 Å². The highest BCUT2D eigenvalue weighted by Crippen LogP contribution is 2.42. The van der Waals surface area contributed by atoms with E-state index in [-0.39, 0.29) is 5.92 Å². The molecule has 3 rings (SSSR count). The number of carbonyl (C=O) groups is 1. The third kappa shape index (κ3) is 2.69. The van der Waals surface area contributed by atoms with Crippen LogP contribution in [0.15, 0.2) is 29.2 Å². The van der Waals surface area contributed by atoms with Crippen LogP contribution in [0.5, 0.6) is 0 Å². The van der Waals surface area contributed by atoms with Gasteiger partial charge in [0.05, 0.1) is 0 Å². The quantitative estimate of drug-likeness (QED) is 0.764. The minimum atomic E-state index is 0.177. The van der Waals surface area contributed by atoms with Gasteiger partial charge in [0, 0.05) is 34.3 Å². The van der Waals surface area contributed by atoms with Gasteiger partial charge in [0.1, 0.15) is 5.78 Å². The Morgan fingerprint density at radius 2 is 2.00 bits per heavy atom. The summed E-state index contributed by atoms with van der Waals surface area (Å²) in [6, 6.07) is 8.80. The van der Waals surface area contributed by atoms with Gasteiger partial charge in [-0.1, -0.05) is 24.9 Å². The van der Waals surface area contributed by atoms with Gasteiger partial charge >= 0.3 is 0 Å². The maximum atomic E-state index is 12.0. The molecular weight excluding hydrogens is 278 g/mol. The second kappa shape index (κ2) is 5.47. The molecule has 0 aromatic heterocycles. The monoisotopic (exact) mass is 295 g/mol. The van der Waals surface area contributed by atoms with Crippen LogP contribution >= 0.6 is 23.5 Å². The number of benzene rings is 1. The zero-order valence-electron chi connectivity index (χ0n) is 11.0. The Morgan fingerprint density at radius 1 is 1.26 bits per heavy atom. The molecule has 0 spiro atoms. The van der Waals surface area contributed by atoms with Gasteiger partial charge in [0.15, 0.2) is 0 Å². The van der Waals surface area contributed by atoms with Gasteiger partial charge in [0.2, 0.25) is 0 Å². The van der Waals surface area contributed by atoms with Crippen molar-refractivity contribution in [2.24, 2.45) is 5.92 Å². The molecule has 2 bridgehead atoms. The number of ketones is 1. The van der Waals surface area contributed by atoms with Gasteiger partial charge in [0.25, 0.3) is 0 Å². The first-order chi connectivity index (χ1) is 9.15. The SMILES string of the molecule is CC1C(=O)CC2CCCC1N2Sc1ccc(Cl)cc1. The summed E-state index contributed by atoms with van der Waals surface area (Å²) in [6.07, 6.45) is 4.27. The molecule has 0 radical (unpaired) electrons. The molecule has 3 atom stereocenters. The first-order valence-corrected chi connectivity index (χ1v) is 8.05. The number of halogens is 1. The van der Waals surface area contributed by atoms with Crippen LogP contribution in [0.3, 0.4) is 0 Å². The van der Waals surface area contributed by atoms with Crippen LogP contribution in [-0.4, -0.2) is 22.2 Å². The highest BCUT2D eigenvalue weighted by atomic mass is 35.5. The smallest absolute Gasteiger partial charge is 0.138 e. The molecule has 2 heterocycles. The summed E-state index contributed by atoms with van der Waals surface area (Å²) in [5.74, 6) is 0.624. The van der Waals surface area contributed by atoms with Crippen LogP contribution in [0.2, 0.25) is 5.02 Å². The molecule has 0 N–H and O–H groups in total. The lowest BCUT2D eigenvalue weighted by atomic mass is 9.79. The minimum absolute atomic E-state index is 0.177. The Kier molecular flexibility index (Phi) is 3.88. The number of nitrogens with zero attached hydrogens (tertiary/aromatic N) is 1. The van der Waals surface area contributed by atoms with Crippen molar-refractivity contribution in [2.75, 3.05) is 0 Å². The Bertz CT molecular complexity index is 476. The lowest BCUT2D eigenvalue weighted by molar-refractivity contribution is -0.129. The second-order valence-corrected chi connectivity index (χ2v) is 7.03. The summed E-state index contributed by atoms with van der Waals surface area (Å²) < 4.78 is 2.47. The summed E-state index contributed by atoms with van der Waals surface area (Å²) in [6.45, 7) is 2.09. The van der Waals surface area contributed by atoms with Gasteiger partial charge < -0.3 is 0 Å². The normalized spacial score (nSPS) is 31.5. The van der Waals surface area contributed by atoms with E-state index < -0.39 is 0 Å².